The molecule has 1 aliphatic rings. The third-order valence-corrected chi connectivity index (χ3v) is 4.66. The van der Waals surface area contributed by atoms with Crippen LogP contribution in [0.3, 0.4) is 0 Å². The van der Waals surface area contributed by atoms with E-state index in [1.54, 1.807) is 6.20 Å². The summed E-state index contributed by atoms with van der Waals surface area (Å²) in [7, 11) is 0. The highest BCUT2D eigenvalue weighted by molar-refractivity contribution is 5.78. The number of aromatic nitrogens is 1. The summed E-state index contributed by atoms with van der Waals surface area (Å²) in [5, 5.41) is 3.11. The molecule has 0 atom stereocenters. The van der Waals surface area contributed by atoms with E-state index < -0.39 is 0 Å². The molecular formula is C20H25N3O. The van der Waals surface area contributed by atoms with Gasteiger partial charge in [0.25, 0.3) is 0 Å². The predicted octanol–water partition coefficient (Wildman–Crippen LogP) is 2.97. The number of carbonyl (C=O) groups excluding carboxylic acids is 1. The first-order chi connectivity index (χ1) is 11.7. The van der Waals surface area contributed by atoms with Crippen LogP contribution in [0.1, 0.15) is 24.0 Å². The van der Waals surface area contributed by atoms with Gasteiger partial charge in [0, 0.05) is 25.8 Å². The van der Waals surface area contributed by atoms with Gasteiger partial charge in [0.2, 0.25) is 5.91 Å². The zero-order chi connectivity index (χ0) is 16.8. The second-order valence-corrected chi connectivity index (χ2v) is 6.61. The van der Waals surface area contributed by atoms with E-state index >= 15 is 0 Å². The highest BCUT2D eigenvalue weighted by Gasteiger charge is 2.20. The number of piperidine rings is 1. The summed E-state index contributed by atoms with van der Waals surface area (Å²) >= 11 is 0. The average Bonchev–Trinajstić information content (AvgIpc) is 2.61. The molecule has 1 aromatic heterocycles. The third-order valence-electron chi connectivity index (χ3n) is 4.66. The van der Waals surface area contributed by atoms with Crippen LogP contribution in [0.4, 0.5) is 5.69 Å². The summed E-state index contributed by atoms with van der Waals surface area (Å²) in [5.41, 5.74) is 3.47. The number of aryl methyl sites for hydroxylation is 1. The topological polar surface area (TPSA) is 45.2 Å². The van der Waals surface area contributed by atoms with Gasteiger partial charge >= 0.3 is 0 Å². The quantitative estimate of drug-likeness (QED) is 0.920. The van der Waals surface area contributed by atoms with Crippen molar-refractivity contribution in [3.63, 3.8) is 0 Å². The molecule has 4 heteroatoms. The van der Waals surface area contributed by atoms with Crippen LogP contribution in [0, 0.1) is 12.8 Å². The van der Waals surface area contributed by atoms with E-state index in [1.807, 2.05) is 24.4 Å². The number of pyridine rings is 1. The van der Waals surface area contributed by atoms with Gasteiger partial charge in [-0.1, -0.05) is 29.8 Å². The Morgan fingerprint density at radius 2 is 2.08 bits per heavy atom. The summed E-state index contributed by atoms with van der Waals surface area (Å²) in [5.74, 6) is 0.690. The number of nitrogens with zero attached hydrogens (tertiary/aromatic N) is 2. The largest absolute Gasteiger partial charge is 0.370 e. The third kappa shape index (κ3) is 4.57. The molecular weight excluding hydrogens is 298 g/mol. The summed E-state index contributed by atoms with van der Waals surface area (Å²) in [6.45, 7) is 4.90. The first-order valence-corrected chi connectivity index (χ1v) is 8.68. The van der Waals surface area contributed by atoms with Gasteiger partial charge in [-0.2, -0.15) is 0 Å². The van der Waals surface area contributed by atoms with E-state index in [1.165, 1.54) is 11.3 Å². The molecule has 4 nitrogen and oxygen atoms in total. The Labute approximate surface area is 143 Å². The van der Waals surface area contributed by atoms with Crippen molar-refractivity contribution in [3.8, 4) is 0 Å². The number of rotatable bonds is 5. The SMILES string of the molecule is Cc1cccc(CC(=O)NCC2CCN(c3cccnc3)CC2)c1. The molecule has 1 amide bonds. The fourth-order valence-corrected chi connectivity index (χ4v) is 3.26. The zero-order valence-corrected chi connectivity index (χ0v) is 14.2. The van der Waals surface area contributed by atoms with Crippen LogP contribution in [0.5, 0.6) is 0 Å². The molecule has 1 aromatic carbocycles. The Bertz CT molecular complexity index is 664. The van der Waals surface area contributed by atoms with Crippen molar-refractivity contribution in [1.29, 1.82) is 0 Å². The predicted molar refractivity (Wildman–Crippen MR) is 97.1 cm³/mol. The fourth-order valence-electron chi connectivity index (χ4n) is 3.26. The lowest BCUT2D eigenvalue weighted by atomic mass is 9.96. The molecule has 1 saturated heterocycles. The van der Waals surface area contributed by atoms with Crippen molar-refractivity contribution in [2.75, 3.05) is 24.5 Å². The number of benzene rings is 1. The standard InChI is InChI=1S/C20H25N3O/c1-16-4-2-5-18(12-16)13-20(24)22-14-17-7-10-23(11-8-17)19-6-3-9-21-15-19/h2-6,9,12,15,17H,7-8,10-11,13-14H2,1H3,(H,22,24). The second-order valence-electron chi connectivity index (χ2n) is 6.61. The molecule has 0 spiro atoms. The average molecular weight is 323 g/mol. The van der Waals surface area contributed by atoms with Gasteiger partial charge in [-0.3, -0.25) is 9.78 Å². The van der Waals surface area contributed by atoms with E-state index in [2.05, 4.69) is 40.3 Å². The second kappa shape index (κ2) is 7.95. The molecule has 2 heterocycles. The fraction of sp³-hybridized carbons (Fsp3) is 0.400. The van der Waals surface area contributed by atoms with Gasteiger partial charge in [0.05, 0.1) is 18.3 Å². The van der Waals surface area contributed by atoms with Gasteiger partial charge in [-0.15, -0.1) is 0 Å². The highest BCUT2D eigenvalue weighted by Crippen LogP contribution is 2.21. The van der Waals surface area contributed by atoms with Crippen LogP contribution >= 0.6 is 0 Å². The van der Waals surface area contributed by atoms with Crippen molar-refractivity contribution in [2.45, 2.75) is 26.2 Å². The maximum Gasteiger partial charge on any atom is 0.224 e. The number of anilines is 1. The van der Waals surface area contributed by atoms with Crippen LogP contribution in [-0.2, 0) is 11.2 Å². The minimum absolute atomic E-state index is 0.121. The van der Waals surface area contributed by atoms with Gasteiger partial charge in [0.15, 0.2) is 0 Å². The molecule has 1 aliphatic heterocycles. The molecule has 0 aliphatic carbocycles. The Hall–Kier alpha value is -2.36. The summed E-state index contributed by atoms with van der Waals surface area (Å²) in [4.78, 5) is 18.7. The number of amides is 1. The van der Waals surface area contributed by atoms with Crippen LogP contribution in [0.25, 0.3) is 0 Å². The first kappa shape index (κ1) is 16.5. The summed E-state index contributed by atoms with van der Waals surface area (Å²) in [6.07, 6.45) is 6.42. The first-order valence-electron chi connectivity index (χ1n) is 8.68. The maximum atomic E-state index is 12.1. The van der Waals surface area contributed by atoms with Crippen molar-refractivity contribution in [1.82, 2.24) is 10.3 Å². The Morgan fingerprint density at radius 3 is 2.79 bits per heavy atom. The van der Waals surface area contributed by atoms with Crippen molar-refractivity contribution in [3.05, 3.63) is 59.9 Å². The normalized spacial score (nSPS) is 15.3. The Balaban J connectivity index is 1.41. The zero-order valence-electron chi connectivity index (χ0n) is 14.2. The van der Waals surface area contributed by atoms with E-state index in [-0.39, 0.29) is 5.91 Å². The molecule has 1 fully saturated rings. The van der Waals surface area contributed by atoms with E-state index in [0.29, 0.717) is 12.3 Å². The maximum absolute atomic E-state index is 12.1. The molecule has 0 saturated carbocycles. The van der Waals surface area contributed by atoms with Crippen LogP contribution < -0.4 is 10.2 Å². The number of hydrogen-bond acceptors (Lipinski definition) is 3. The van der Waals surface area contributed by atoms with E-state index in [0.717, 1.165) is 38.0 Å². The molecule has 2 aromatic rings. The number of hydrogen-bond donors (Lipinski definition) is 1. The Morgan fingerprint density at radius 1 is 1.25 bits per heavy atom. The molecule has 0 bridgehead atoms. The molecule has 0 radical (unpaired) electrons. The molecule has 1 N–H and O–H groups in total. The Kier molecular flexibility index (Phi) is 5.47. The van der Waals surface area contributed by atoms with Gasteiger partial charge in [-0.25, -0.2) is 0 Å². The lowest BCUT2D eigenvalue weighted by Crippen LogP contribution is -2.39. The number of carbonyl (C=O) groups is 1. The molecule has 3 rings (SSSR count). The minimum Gasteiger partial charge on any atom is -0.370 e. The lowest BCUT2D eigenvalue weighted by molar-refractivity contribution is -0.120. The summed E-state index contributed by atoms with van der Waals surface area (Å²) < 4.78 is 0. The van der Waals surface area contributed by atoms with Crippen LogP contribution in [0.2, 0.25) is 0 Å². The highest BCUT2D eigenvalue weighted by atomic mass is 16.1. The van der Waals surface area contributed by atoms with Crippen LogP contribution in [-0.4, -0.2) is 30.5 Å². The van der Waals surface area contributed by atoms with Crippen LogP contribution in [0.15, 0.2) is 48.8 Å². The molecule has 0 unspecified atom stereocenters. The van der Waals surface area contributed by atoms with Gasteiger partial charge in [-0.05, 0) is 43.4 Å². The monoisotopic (exact) mass is 323 g/mol. The van der Waals surface area contributed by atoms with Crippen molar-refractivity contribution < 1.29 is 4.79 Å². The van der Waals surface area contributed by atoms with Crippen molar-refractivity contribution >= 4 is 11.6 Å². The minimum atomic E-state index is 0.121. The summed E-state index contributed by atoms with van der Waals surface area (Å²) in [6, 6.07) is 12.2. The number of nitrogens with one attached hydrogen (secondary N) is 1. The van der Waals surface area contributed by atoms with Gasteiger partial charge < -0.3 is 10.2 Å². The smallest absolute Gasteiger partial charge is 0.224 e. The van der Waals surface area contributed by atoms with Crippen molar-refractivity contribution in [2.24, 2.45) is 5.92 Å². The molecule has 24 heavy (non-hydrogen) atoms. The molecule has 126 valence electrons. The lowest BCUT2D eigenvalue weighted by Gasteiger charge is -2.33. The van der Waals surface area contributed by atoms with E-state index in [9.17, 15) is 4.79 Å². The van der Waals surface area contributed by atoms with E-state index in [4.69, 9.17) is 0 Å². The van der Waals surface area contributed by atoms with Gasteiger partial charge in [0.1, 0.15) is 0 Å².